The van der Waals surface area contributed by atoms with Crippen LogP contribution in [0.25, 0.3) is 0 Å². The number of halogens is 2. The lowest BCUT2D eigenvalue weighted by Crippen LogP contribution is -2.34. The summed E-state index contributed by atoms with van der Waals surface area (Å²) in [5.41, 5.74) is 0.0625. The summed E-state index contributed by atoms with van der Waals surface area (Å²) in [7, 11) is 0. The SMILES string of the molecule is CCN(CCC(O)c1cccc(F)c1F)C1CCCC1. The molecule has 2 nitrogen and oxygen atoms in total. The van der Waals surface area contributed by atoms with E-state index >= 15 is 0 Å². The molecule has 1 unspecified atom stereocenters. The molecule has 112 valence electrons. The Morgan fingerprint density at radius 2 is 2.00 bits per heavy atom. The number of hydrogen-bond acceptors (Lipinski definition) is 2. The molecule has 0 spiro atoms. The van der Waals surface area contributed by atoms with Gasteiger partial charge in [-0.1, -0.05) is 31.9 Å². The quantitative estimate of drug-likeness (QED) is 0.861. The Kier molecular flexibility index (Phi) is 5.49. The third kappa shape index (κ3) is 3.55. The Bertz CT molecular complexity index is 432. The van der Waals surface area contributed by atoms with Crippen molar-refractivity contribution in [2.75, 3.05) is 13.1 Å². The van der Waals surface area contributed by atoms with Crippen molar-refractivity contribution in [2.24, 2.45) is 0 Å². The van der Waals surface area contributed by atoms with Gasteiger partial charge < -0.3 is 10.0 Å². The maximum atomic E-state index is 13.6. The van der Waals surface area contributed by atoms with Crippen LogP contribution in [0, 0.1) is 11.6 Å². The van der Waals surface area contributed by atoms with E-state index in [-0.39, 0.29) is 5.56 Å². The number of nitrogens with zero attached hydrogens (tertiary/aromatic N) is 1. The number of aliphatic hydroxyl groups excluding tert-OH is 1. The fourth-order valence-corrected chi connectivity index (χ4v) is 3.09. The summed E-state index contributed by atoms with van der Waals surface area (Å²) in [5, 5.41) is 10.1. The molecule has 0 radical (unpaired) electrons. The van der Waals surface area contributed by atoms with Crippen LogP contribution in [-0.2, 0) is 0 Å². The van der Waals surface area contributed by atoms with Crippen molar-refractivity contribution in [1.29, 1.82) is 0 Å². The van der Waals surface area contributed by atoms with Gasteiger partial charge in [0.15, 0.2) is 11.6 Å². The van der Waals surface area contributed by atoms with E-state index in [4.69, 9.17) is 0 Å². The second-order valence-electron chi connectivity index (χ2n) is 5.51. The van der Waals surface area contributed by atoms with E-state index in [2.05, 4.69) is 11.8 Å². The summed E-state index contributed by atoms with van der Waals surface area (Å²) in [5.74, 6) is -1.83. The van der Waals surface area contributed by atoms with Gasteiger partial charge in [0, 0.05) is 18.2 Å². The average Bonchev–Trinajstić information content (AvgIpc) is 2.96. The summed E-state index contributed by atoms with van der Waals surface area (Å²) in [6.07, 6.45) is 4.44. The van der Waals surface area contributed by atoms with Crippen LogP contribution in [-0.4, -0.2) is 29.1 Å². The standard InChI is InChI=1S/C16H23F2NO/c1-2-19(12-6-3-4-7-12)11-10-15(20)13-8-5-9-14(17)16(13)18/h5,8-9,12,15,20H,2-4,6-7,10-11H2,1H3. The Hall–Kier alpha value is -1.00. The zero-order chi connectivity index (χ0) is 14.5. The van der Waals surface area contributed by atoms with Gasteiger partial charge in [0.25, 0.3) is 0 Å². The average molecular weight is 283 g/mol. The normalized spacial score (nSPS) is 17.9. The fourth-order valence-electron chi connectivity index (χ4n) is 3.09. The summed E-state index contributed by atoms with van der Waals surface area (Å²) in [6.45, 7) is 3.76. The largest absolute Gasteiger partial charge is 0.388 e. The van der Waals surface area contributed by atoms with E-state index in [1.54, 1.807) is 0 Å². The predicted molar refractivity (Wildman–Crippen MR) is 75.4 cm³/mol. The lowest BCUT2D eigenvalue weighted by Gasteiger charge is -2.28. The first-order valence-corrected chi connectivity index (χ1v) is 7.49. The first-order chi connectivity index (χ1) is 9.63. The molecule has 0 saturated heterocycles. The van der Waals surface area contributed by atoms with Crippen LogP contribution in [0.2, 0.25) is 0 Å². The number of hydrogen-bond donors (Lipinski definition) is 1. The van der Waals surface area contributed by atoms with Crippen LogP contribution in [0.5, 0.6) is 0 Å². The molecule has 20 heavy (non-hydrogen) atoms. The molecule has 1 aliphatic rings. The van der Waals surface area contributed by atoms with Gasteiger partial charge in [-0.3, -0.25) is 0 Å². The molecule has 1 saturated carbocycles. The topological polar surface area (TPSA) is 23.5 Å². The van der Waals surface area contributed by atoms with Crippen molar-refractivity contribution in [3.05, 3.63) is 35.4 Å². The minimum absolute atomic E-state index is 0.0625. The van der Waals surface area contributed by atoms with Gasteiger partial charge >= 0.3 is 0 Å². The second kappa shape index (κ2) is 7.14. The van der Waals surface area contributed by atoms with Gasteiger partial charge in [0.2, 0.25) is 0 Å². The summed E-state index contributed by atoms with van der Waals surface area (Å²) < 4.78 is 26.8. The molecule has 1 atom stereocenters. The van der Waals surface area contributed by atoms with Gasteiger partial charge in [0.1, 0.15) is 0 Å². The van der Waals surface area contributed by atoms with E-state index in [1.807, 2.05) is 0 Å². The first kappa shape index (κ1) is 15.4. The van der Waals surface area contributed by atoms with E-state index in [0.717, 1.165) is 19.2 Å². The highest BCUT2D eigenvalue weighted by atomic mass is 19.2. The van der Waals surface area contributed by atoms with Crippen molar-refractivity contribution in [3.8, 4) is 0 Å². The van der Waals surface area contributed by atoms with Crippen molar-refractivity contribution < 1.29 is 13.9 Å². The third-order valence-corrected chi connectivity index (χ3v) is 4.28. The smallest absolute Gasteiger partial charge is 0.164 e. The number of rotatable bonds is 6. The van der Waals surface area contributed by atoms with Crippen LogP contribution in [0.4, 0.5) is 8.78 Å². The minimum Gasteiger partial charge on any atom is -0.388 e. The molecular formula is C16H23F2NO. The van der Waals surface area contributed by atoms with Crippen molar-refractivity contribution >= 4 is 0 Å². The Labute approximate surface area is 119 Å². The highest BCUT2D eigenvalue weighted by Crippen LogP contribution is 2.26. The number of aliphatic hydroxyl groups is 1. The summed E-state index contributed by atoms with van der Waals surface area (Å²) in [6, 6.07) is 4.55. The first-order valence-electron chi connectivity index (χ1n) is 7.49. The zero-order valence-corrected chi connectivity index (χ0v) is 12.0. The number of benzene rings is 1. The Morgan fingerprint density at radius 3 is 2.65 bits per heavy atom. The highest BCUT2D eigenvalue weighted by molar-refractivity contribution is 5.21. The van der Waals surface area contributed by atoms with Gasteiger partial charge in [-0.15, -0.1) is 0 Å². The zero-order valence-electron chi connectivity index (χ0n) is 12.0. The second-order valence-corrected chi connectivity index (χ2v) is 5.51. The molecule has 1 aromatic carbocycles. The van der Waals surface area contributed by atoms with Gasteiger partial charge in [-0.25, -0.2) is 8.78 Å². The molecule has 0 amide bonds. The molecule has 1 aliphatic carbocycles. The molecule has 2 rings (SSSR count). The maximum Gasteiger partial charge on any atom is 0.164 e. The van der Waals surface area contributed by atoms with E-state index in [1.165, 1.54) is 37.8 Å². The van der Waals surface area contributed by atoms with Gasteiger partial charge in [-0.05, 0) is 31.9 Å². The van der Waals surface area contributed by atoms with Crippen molar-refractivity contribution in [1.82, 2.24) is 4.90 Å². The van der Waals surface area contributed by atoms with Crippen LogP contribution in [0.15, 0.2) is 18.2 Å². The van der Waals surface area contributed by atoms with E-state index < -0.39 is 17.7 Å². The summed E-state index contributed by atoms with van der Waals surface area (Å²) in [4.78, 5) is 2.34. The molecule has 0 aromatic heterocycles. The summed E-state index contributed by atoms with van der Waals surface area (Å²) >= 11 is 0. The predicted octanol–water partition coefficient (Wildman–Crippen LogP) is 3.65. The van der Waals surface area contributed by atoms with Crippen LogP contribution in [0.1, 0.15) is 50.7 Å². The molecule has 0 bridgehead atoms. The maximum absolute atomic E-state index is 13.6. The molecule has 0 aliphatic heterocycles. The molecule has 1 aromatic rings. The molecule has 0 heterocycles. The Balaban J connectivity index is 1.93. The lowest BCUT2D eigenvalue weighted by atomic mass is 10.0. The minimum atomic E-state index is -0.943. The van der Waals surface area contributed by atoms with E-state index in [0.29, 0.717) is 12.5 Å². The lowest BCUT2D eigenvalue weighted by molar-refractivity contribution is 0.123. The van der Waals surface area contributed by atoms with Crippen LogP contribution < -0.4 is 0 Å². The Morgan fingerprint density at radius 1 is 1.30 bits per heavy atom. The van der Waals surface area contributed by atoms with Crippen LogP contribution in [0.3, 0.4) is 0 Å². The fraction of sp³-hybridized carbons (Fsp3) is 0.625. The molecule has 1 fully saturated rings. The van der Waals surface area contributed by atoms with E-state index in [9.17, 15) is 13.9 Å². The molecular weight excluding hydrogens is 260 g/mol. The monoisotopic (exact) mass is 283 g/mol. The van der Waals surface area contributed by atoms with Gasteiger partial charge in [-0.2, -0.15) is 0 Å². The molecule has 1 N–H and O–H groups in total. The van der Waals surface area contributed by atoms with Crippen molar-refractivity contribution in [2.45, 2.75) is 51.2 Å². The third-order valence-electron chi connectivity index (χ3n) is 4.28. The van der Waals surface area contributed by atoms with Crippen LogP contribution >= 0.6 is 0 Å². The highest BCUT2D eigenvalue weighted by Gasteiger charge is 2.23. The van der Waals surface area contributed by atoms with Gasteiger partial charge in [0.05, 0.1) is 6.10 Å². The van der Waals surface area contributed by atoms with Crippen molar-refractivity contribution in [3.63, 3.8) is 0 Å². The molecule has 4 heteroatoms.